The maximum Gasteiger partial charge on any atom is 0.131 e. The average molecular weight is 182 g/mol. The van der Waals surface area contributed by atoms with Crippen LogP contribution in [0.25, 0.3) is 0 Å². The first-order valence-corrected chi connectivity index (χ1v) is 4.61. The third-order valence-electron chi connectivity index (χ3n) is 1.88. The molecule has 0 aliphatic carbocycles. The molecular formula is C10H14OS. The molecule has 0 radical (unpaired) electrons. The van der Waals surface area contributed by atoms with Crippen LogP contribution in [-0.4, -0.2) is 5.11 Å². The van der Waals surface area contributed by atoms with Crippen LogP contribution in [0.3, 0.4) is 0 Å². The van der Waals surface area contributed by atoms with E-state index in [1.165, 1.54) is 5.56 Å². The van der Waals surface area contributed by atoms with Crippen LogP contribution in [0, 0.1) is 6.92 Å². The Bertz CT molecular complexity index is 258. The summed E-state index contributed by atoms with van der Waals surface area (Å²) in [4.78, 5) is 0.679. The van der Waals surface area contributed by atoms with E-state index in [-0.39, 0.29) is 0 Å². The van der Waals surface area contributed by atoms with E-state index in [1.54, 1.807) is 0 Å². The van der Waals surface area contributed by atoms with Crippen molar-refractivity contribution in [3.63, 3.8) is 0 Å². The highest BCUT2D eigenvalue weighted by molar-refractivity contribution is 7.80. The molecule has 0 aliphatic rings. The number of phenols is 1. The van der Waals surface area contributed by atoms with Crippen molar-refractivity contribution in [3.05, 3.63) is 23.3 Å². The smallest absolute Gasteiger partial charge is 0.131 e. The molecule has 12 heavy (non-hydrogen) atoms. The fourth-order valence-electron chi connectivity index (χ4n) is 1.27. The zero-order valence-corrected chi connectivity index (χ0v) is 8.36. The highest BCUT2D eigenvalue weighted by Crippen LogP contribution is 2.27. The lowest BCUT2D eigenvalue weighted by molar-refractivity contribution is 0.458. The minimum Gasteiger partial charge on any atom is -0.507 e. The number of benzene rings is 1. The normalized spacial score (nSPS) is 10.2. The standard InChI is InChI=1S/C10H14OS/c1-3-4-8-5-7(2)10(11)9(12)6-8/h5-6,11-12H,3-4H2,1-2H3. The summed E-state index contributed by atoms with van der Waals surface area (Å²) in [5, 5.41) is 9.42. The van der Waals surface area contributed by atoms with Crippen molar-refractivity contribution >= 4 is 12.6 Å². The van der Waals surface area contributed by atoms with Crippen molar-refractivity contribution in [2.75, 3.05) is 0 Å². The van der Waals surface area contributed by atoms with Crippen molar-refractivity contribution in [2.45, 2.75) is 31.6 Å². The second-order valence-electron chi connectivity index (χ2n) is 3.03. The average Bonchev–Trinajstić information content (AvgIpc) is 2.01. The first kappa shape index (κ1) is 9.46. The van der Waals surface area contributed by atoms with E-state index in [9.17, 15) is 5.11 Å². The quantitative estimate of drug-likeness (QED) is 0.674. The summed E-state index contributed by atoms with van der Waals surface area (Å²) in [7, 11) is 0. The molecule has 0 aromatic heterocycles. The molecule has 0 atom stereocenters. The topological polar surface area (TPSA) is 20.2 Å². The van der Waals surface area contributed by atoms with Gasteiger partial charge in [-0.15, -0.1) is 12.6 Å². The van der Waals surface area contributed by atoms with Crippen LogP contribution >= 0.6 is 12.6 Å². The third-order valence-corrected chi connectivity index (χ3v) is 2.22. The monoisotopic (exact) mass is 182 g/mol. The molecule has 0 saturated heterocycles. The number of thiol groups is 1. The molecule has 0 bridgehead atoms. The number of hydrogen-bond donors (Lipinski definition) is 2. The second kappa shape index (κ2) is 3.85. The minimum atomic E-state index is 0.304. The van der Waals surface area contributed by atoms with Gasteiger partial charge in [0.25, 0.3) is 0 Å². The maximum atomic E-state index is 9.42. The first-order chi connectivity index (χ1) is 5.65. The summed E-state index contributed by atoms with van der Waals surface area (Å²) < 4.78 is 0. The highest BCUT2D eigenvalue weighted by Gasteiger charge is 2.02. The van der Waals surface area contributed by atoms with Crippen LogP contribution in [0.5, 0.6) is 5.75 Å². The van der Waals surface area contributed by atoms with Crippen molar-refractivity contribution in [1.82, 2.24) is 0 Å². The fourth-order valence-corrected chi connectivity index (χ4v) is 1.61. The summed E-state index contributed by atoms with van der Waals surface area (Å²) in [6, 6.07) is 3.94. The molecule has 0 unspecified atom stereocenters. The van der Waals surface area contributed by atoms with E-state index in [2.05, 4.69) is 19.6 Å². The number of aryl methyl sites for hydroxylation is 2. The Morgan fingerprint density at radius 2 is 2.08 bits per heavy atom. The van der Waals surface area contributed by atoms with Crippen molar-refractivity contribution < 1.29 is 5.11 Å². The van der Waals surface area contributed by atoms with Crippen LogP contribution in [0.2, 0.25) is 0 Å². The lowest BCUT2D eigenvalue weighted by Crippen LogP contribution is -1.86. The van der Waals surface area contributed by atoms with Gasteiger partial charge in [-0.05, 0) is 30.5 Å². The van der Waals surface area contributed by atoms with Gasteiger partial charge in [0.2, 0.25) is 0 Å². The molecule has 1 nitrogen and oxygen atoms in total. The fraction of sp³-hybridized carbons (Fsp3) is 0.400. The van der Waals surface area contributed by atoms with Gasteiger partial charge in [-0.1, -0.05) is 19.4 Å². The Hall–Kier alpha value is -0.630. The molecule has 2 heteroatoms. The summed E-state index contributed by atoms with van der Waals surface area (Å²) >= 11 is 4.18. The molecule has 1 aromatic rings. The van der Waals surface area contributed by atoms with Gasteiger partial charge in [-0.3, -0.25) is 0 Å². The lowest BCUT2D eigenvalue weighted by Gasteiger charge is -2.05. The van der Waals surface area contributed by atoms with Crippen molar-refractivity contribution in [2.24, 2.45) is 0 Å². The van der Waals surface area contributed by atoms with Crippen LogP contribution in [0.1, 0.15) is 24.5 Å². The molecule has 66 valence electrons. The second-order valence-corrected chi connectivity index (χ2v) is 3.51. The molecule has 0 spiro atoms. The van der Waals surface area contributed by atoms with Crippen LogP contribution in [0.4, 0.5) is 0 Å². The molecule has 0 amide bonds. The predicted molar refractivity (Wildman–Crippen MR) is 54.1 cm³/mol. The van der Waals surface area contributed by atoms with E-state index in [1.807, 2.05) is 19.1 Å². The maximum absolute atomic E-state index is 9.42. The van der Waals surface area contributed by atoms with Gasteiger partial charge < -0.3 is 5.11 Å². The summed E-state index contributed by atoms with van der Waals surface area (Å²) in [5.74, 6) is 0.304. The van der Waals surface area contributed by atoms with E-state index < -0.39 is 0 Å². The van der Waals surface area contributed by atoms with E-state index >= 15 is 0 Å². The number of rotatable bonds is 2. The molecule has 0 fully saturated rings. The SMILES string of the molecule is CCCc1cc(C)c(O)c(S)c1. The molecule has 1 rings (SSSR count). The summed E-state index contributed by atoms with van der Waals surface area (Å²) in [6.45, 7) is 4.04. The highest BCUT2D eigenvalue weighted by atomic mass is 32.1. The van der Waals surface area contributed by atoms with Gasteiger partial charge in [-0.2, -0.15) is 0 Å². The van der Waals surface area contributed by atoms with Gasteiger partial charge in [0, 0.05) is 4.90 Å². The molecule has 1 aromatic carbocycles. The third kappa shape index (κ3) is 1.95. The number of hydrogen-bond acceptors (Lipinski definition) is 2. The van der Waals surface area contributed by atoms with Gasteiger partial charge >= 0.3 is 0 Å². The van der Waals surface area contributed by atoms with Crippen LogP contribution in [-0.2, 0) is 6.42 Å². The van der Waals surface area contributed by atoms with E-state index in [0.29, 0.717) is 10.6 Å². The van der Waals surface area contributed by atoms with E-state index in [0.717, 1.165) is 18.4 Å². The lowest BCUT2D eigenvalue weighted by atomic mass is 10.1. The summed E-state index contributed by atoms with van der Waals surface area (Å²) in [5.41, 5.74) is 2.16. The Morgan fingerprint density at radius 1 is 1.42 bits per heavy atom. The Morgan fingerprint density at radius 3 is 2.58 bits per heavy atom. The van der Waals surface area contributed by atoms with E-state index in [4.69, 9.17) is 0 Å². The minimum absolute atomic E-state index is 0.304. The van der Waals surface area contributed by atoms with Gasteiger partial charge in [0.1, 0.15) is 5.75 Å². The van der Waals surface area contributed by atoms with Crippen molar-refractivity contribution in [1.29, 1.82) is 0 Å². The Labute approximate surface area is 78.8 Å². The van der Waals surface area contributed by atoms with Gasteiger partial charge in [0.15, 0.2) is 0 Å². The molecule has 0 saturated carbocycles. The number of phenolic OH excluding ortho intramolecular Hbond substituents is 1. The largest absolute Gasteiger partial charge is 0.507 e. The molecular weight excluding hydrogens is 168 g/mol. The first-order valence-electron chi connectivity index (χ1n) is 4.16. The Kier molecular flexibility index (Phi) is 3.04. The zero-order valence-electron chi connectivity index (χ0n) is 7.46. The number of aromatic hydroxyl groups is 1. The Balaban J connectivity index is 3.04. The molecule has 1 N–H and O–H groups in total. The molecule has 0 aliphatic heterocycles. The van der Waals surface area contributed by atoms with Gasteiger partial charge in [-0.25, -0.2) is 0 Å². The van der Waals surface area contributed by atoms with Crippen molar-refractivity contribution in [3.8, 4) is 5.75 Å². The van der Waals surface area contributed by atoms with Gasteiger partial charge in [0.05, 0.1) is 0 Å². The summed E-state index contributed by atoms with van der Waals surface area (Å²) in [6.07, 6.45) is 2.17. The molecule has 0 heterocycles. The zero-order chi connectivity index (χ0) is 9.14. The predicted octanol–water partition coefficient (Wildman–Crippen LogP) is 2.94. The van der Waals surface area contributed by atoms with Crippen LogP contribution < -0.4 is 0 Å². The van der Waals surface area contributed by atoms with Crippen LogP contribution in [0.15, 0.2) is 17.0 Å².